The summed E-state index contributed by atoms with van der Waals surface area (Å²) in [6.45, 7) is 2.20. The van der Waals surface area contributed by atoms with Crippen LogP contribution in [0.1, 0.15) is 64.7 Å². The van der Waals surface area contributed by atoms with Crippen LogP contribution in [-0.4, -0.2) is 48.4 Å². The van der Waals surface area contributed by atoms with E-state index in [1.165, 1.54) is 19.3 Å². The zero-order chi connectivity index (χ0) is 18.4. The summed E-state index contributed by atoms with van der Waals surface area (Å²) in [4.78, 5) is 51.1. The van der Waals surface area contributed by atoms with Gasteiger partial charge in [-0.3, -0.25) is 18.8 Å². The van der Waals surface area contributed by atoms with Crippen molar-refractivity contribution in [2.24, 2.45) is 0 Å². The van der Waals surface area contributed by atoms with Crippen molar-refractivity contribution in [3.05, 3.63) is 0 Å². The Balaban J connectivity index is 2.62. The summed E-state index contributed by atoms with van der Waals surface area (Å²) in [5, 5.41) is -2.98. The highest BCUT2D eigenvalue weighted by Crippen LogP contribution is 2.72. The van der Waals surface area contributed by atoms with Crippen LogP contribution in [-0.2, 0) is 13.9 Å². The molecule has 10 heteroatoms. The van der Waals surface area contributed by atoms with Crippen LogP contribution in [0.3, 0.4) is 0 Å². The predicted molar refractivity (Wildman–Crippen MR) is 90.6 cm³/mol. The SMILES string of the molecule is CCCCCCCCCCN1CCC(=O)C1(P(=O)(O)O)P(=O)(O)O. The van der Waals surface area contributed by atoms with Gasteiger partial charge in [-0.25, -0.2) is 0 Å². The monoisotopic (exact) mass is 385 g/mol. The Kier molecular flexibility index (Phi) is 8.27. The van der Waals surface area contributed by atoms with Gasteiger partial charge >= 0.3 is 15.2 Å². The first-order valence-corrected chi connectivity index (χ1v) is 11.7. The Morgan fingerprint density at radius 2 is 1.38 bits per heavy atom. The molecule has 0 aliphatic carbocycles. The first-order valence-electron chi connectivity index (χ1n) is 8.48. The Labute approximate surface area is 143 Å². The van der Waals surface area contributed by atoms with Crippen molar-refractivity contribution in [1.29, 1.82) is 0 Å². The topological polar surface area (TPSA) is 135 Å². The molecule has 142 valence electrons. The van der Waals surface area contributed by atoms with E-state index in [0.29, 0.717) is 6.42 Å². The molecular formula is C14H29NO7P2. The van der Waals surface area contributed by atoms with Crippen molar-refractivity contribution < 1.29 is 33.5 Å². The number of unbranched alkanes of at least 4 members (excludes halogenated alkanes) is 7. The van der Waals surface area contributed by atoms with Crippen molar-refractivity contribution in [3.8, 4) is 0 Å². The average Bonchev–Trinajstić information content (AvgIpc) is 2.78. The largest absolute Gasteiger partial charge is 0.365 e. The number of nitrogens with zero attached hydrogens (tertiary/aromatic N) is 1. The highest BCUT2D eigenvalue weighted by molar-refractivity contribution is 7.74. The fraction of sp³-hybridized carbons (Fsp3) is 0.929. The molecule has 0 saturated carbocycles. The highest BCUT2D eigenvalue weighted by Gasteiger charge is 2.71. The van der Waals surface area contributed by atoms with Crippen molar-refractivity contribution in [3.63, 3.8) is 0 Å². The van der Waals surface area contributed by atoms with Crippen molar-refractivity contribution in [2.75, 3.05) is 13.1 Å². The Morgan fingerprint density at radius 3 is 1.83 bits per heavy atom. The summed E-state index contributed by atoms with van der Waals surface area (Å²) in [5.74, 6) is -1.07. The van der Waals surface area contributed by atoms with Crippen LogP contribution in [0.5, 0.6) is 0 Å². The molecule has 4 N–H and O–H groups in total. The summed E-state index contributed by atoms with van der Waals surface area (Å²) >= 11 is 0. The molecule has 1 heterocycles. The number of carbonyl (C=O) groups is 1. The molecule has 1 fully saturated rings. The molecule has 1 saturated heterocycles. The molecule has 0 spiro atoms. The molecular weight excluding hydrogens is 356 g/mol. The number of rotatable bonds is 11. The van der Waals surface area contributed by atoms with E-state index in [-0.39, 0.29) is 19.5 Å². The van der Waals surface area contributed by atoms with Crippen LogP contribution >= 0.6 is 15.2 Å². The molecule has 0 aromatic heterocycles. The van der Waals surface area contributed by atoms with Gasteiger partial charge in [0.2, 0.25) is 0 Å². The van der Waals surface area contributed by atoms with Crippen molar-refractivity contribution in [2.45, 2.75) is 69.7 Å². The lowest BCUT2D eigenvalue weighted by Gasteiger charge is -2.36. The number of carbonyl (C=O) groups excluding carboxylic acids is 1. The van der Waals surface area contributed by atoms with E-state index < -0.39 is 26.0 Å². The second kappa shape index (κ2) is 9.04. The summed E-state index contributed by atoms with van der Waals surface area (Å²) in [6, 6.07) is 0. The molecule has 0 aromatic rings. The number of likely N-dealkylation sites (tertiary alicyclic amines) is 1. The van der Waals surface area contributed by atoms with E-state index in [2.05, 4.69) is 6.92 Å². The molecule has 0 radical (unpaired) electrons. The van der Waals surface area contributed by atoms with E-state index >= 15 is 0 Å². The average molecular weight is 385 g/mol. The van der Waals surface area contributed by atoms with Gasteiger partial charge < -0.3 is 19.6 Å². The fourth-order valence-corrected chi connectivity index (χ4v) is 6.67. The zero-order valence-electron chi connectivity index (χ0n) is 14.1. The summed E-state index contributed by atoms with van der Waals surface area (Å²) in [7, 11) is -10.7. The van der Waals surface area contributed by atoms with Crippen LogP contribution in [0.25, 0.3) is 0 Å². The highest BCUT2D eigenvalue weighted by atomic mass is 31.2. The minimum Gasteiger partial charge on any atom is -0.322 e. The number of ketones is 1. The number of Topliss-reactive ketones (excluding diaryl/α,β-unsaturated/α-hetero) is 1. The maximum Gasteiger partial charge on any atom is 0.365 e. The van der Waals surface area contributed by atoms with Crippen LogP contribution in [0.4, 0.5) is 0 Å². The van der Waals surface area contributed by atoms with Gasteiger partial charge in [-0.2, -0.15) is 0 Å². The minimum atomic E-state index is -5.34. The molecule has 0 atom stereocenters. The lowest BCUT2D eigenvalue weighted by atomic mass is 10.1. The van der Waals surface area contributed by atoms with E-state index in [0.717, 1.165) is 30.6 Å². The molecule has 1 aliphatic heterocycles. The predicted octanol–water partition coefficient (Wildman–Crippen LogP) is 2.41. The second-order valence-corrected chi connectivity index (χ2v) is 10.2. The molecule has 1 aliphatic rings. The third kappa shape index (κ3) is 4.76. The molecule has 0 aromatic carbocycles. The molecule has 0 bridgehead atoms. The standard InChI is InChI=1S/C14H29NO7P2/c1-2-3-4-5-6-7-8-9-11-15-12-10-13(16)14(15,23(17,18)19)24(20,21)22/h2-12H2,1H3,(H2,17,18,19)(H2,20,21,22). The van der Waals surface area contributed by atoms with Crippen molar-refractivity contribution >= 4 is 21.0 Å². The zero-order valence-corrected chi connectivity index (χ0v) is 15.9. The first kappa shape index (κ1) is 22.0. The molecule has 8 nitrogen and oxygen atoms in total. The van der Waals surface area contributed by atoms with Crippen LogP contribution < -0.4 is 0 Å². The van der Waals surface area contributed by atoms with Gasteiger partial charge in [-0.15, -0.1) is 0 Å². The lowest BCUT2D eigenvalue weighted by molar-refractivity contribution is -0.119. The quantitative estimate of drug-likeness (QED) is 0.314. The fourth-order valence-electron chi connectivity index (χ4n) is 3.30. The maximum atomic E-state index is 12.0. The van der Waals surface area contributed by atoms with Gasteiger partial charge in [0.1, 0.15) is 0 Å². The Hall–Kier alpha value is -0.0700. The van der Waals surface area contributed by atoms with E-state index in [4.69, 9.17) is 0 Å². The van der Waals surface area contributed by atoms with Gasteiger partial charge in [0, 0.05) is 19.5 Å². The second-order valence-electron chi connectivity index (χ2n) is 6.36. The normalized spacial score (nSPS) is 19.1. The van der Waals surface area contributed by atoms with Crippen molar-refractivity contribution in [1.82, 2.24) is 4.90 Å². The van der Waals surface area contributed by atoms with Gasteiger partial charge in [0.15, 0.2) is 5.78 Å². The van der Waals surface area contributed by atoms with Crippen LogP contribution in [0.2, 0.25) is 0 Å². The van der Waals surface area contributed by atoms with Gasteiger partial charge in [0.05, 0.1) is 0 Å². The van der Waals surface area contributed by atoms with Gasteiger partial charge in [-0.05, 0) is 6.42 Å². The summed E-state index contributed by atoms with van der Waals surface area (Å²) < 4.78 is 23.6. The van der Waals surface area contributed by atoms with Crippen LogP contribution in [0.15, 0.2) is 0 Å². The van der Waals surface area contributed by atoms with E-state index in [1.807, 2.05) is 0 Å². The molecule has 0 amide bonds. The van der Waals surface area contributed by atoms with Crippen LogP contribution in [0, 0.1) is 0 Å². The van der Waals surface area contributed by atoms with Gasteiger partial charge in [-0.1, -0.05) is 51.9 Å². The lowest BCUT2D eigenvalue weighted by Crippen LogP contribution is -2.48. The number of hydrogen-bond donors (Lipinski definition) is 4. The molecule has 1 rings (SSSR count). The Morgan fingerprint density at radius 1 is 0.917 bits per heavy atom. The van der Waals surface area contributed by atoms with Gasteiger partial charge in [0.25, 0.3) is 5.02 Å². The summed E-state index contributed by atoms with van der Waals surface area (Å²) in [6.07, 6.45) is 7.84. The maximum absolute atomic E-state index is 12.0. The number of hydrogen-bond acceptors (Lipinski definition) is 4. The summed E-state index contributed by atoms with van der Waals surface area (Å²) in [5.41, 5.74) is 0. The third-order valence-corrected chi connectivity index (χ3v) is 8.77. The van der Waals surface area contributed by atoms with E-state index in [1.54, 1.807) is 0 Å². The first-order chi connectivity index (χ1) is 11.1. The Bertz CT molecular complexity index is 491. The molecule has 24 heavy (non-hydrogen) atoms. The third-order valence-electron chi connectivity index (χ3n) is 4.52. The van der Waals surface area contributed by atoms with E-state index in [9.17, 15) is 33.5 Å². The smallest absolute Gasteiger partial charge is 0.322 e. The molecule has 0 unspecified atom stereocenters. The minimum absolute atomic E-state index is 0.0362.